The van der Waals surface area contributed by atoms with Crippen LogP contribution in [0.3, 0.4) is 0 Å². The van der Waals surface area contributed by atoms with Gasteiger partial charge in [0.15, 0.2) is 0 Å². The second-order valence-corrected chi connectivity index (χ2v) is 9.78. The molecule has 5 rings (SSSR count). The van der Waals surface area contributed by atoms with E-state index >= 15 is 0 Å². The third kappa shape index (κ3) is 5.34. The summed E-state index contributed by atoms with van der Waals surface area (Å²) in [5, 5.41) is 0.555. The van der Waals surface area contributed by atoms with Gasteiger partial charge in [-0.25, -0.2) is 0 Å². The van der Waals surface area contributed by atoms with Gasteiger partial charge in [0.2, 0.25) is 0 Å². The number of hydrogen-bond donors (Lipinski definition) is 0. The van der Waals surface area contributed by atoms with E-state index in [0.29, 0.717) is 42.5 Å². The third-order valence-electron chi connectivity index (χ3n) is 7.06. The number of ether oxygens (including phenoxy) is 1. The minimum Gasteiger partial charge on any atom is -0.497 e. The molecule has 0 aliphatic carbocycles. The van der Waals surface area contributed by atoms with Crippen molar-refractivity contribution >= 4 is 23.2 Å². The monoisotopic (exact) mass is 553 g/mol. The Bertz CT molecular complexity index is 1490. The first-order chi connectivity index (χ1) is 18.7. The predicted molar refractivity (Wildman–Crippen MR) is 147 cm³/mol. The maximum absolute atomic E-state index is 13.8. The van der Waals surface area contributed by atoms with Gasteiger partial charge in [0.25, 0.3) is 5.91 Å². The number of aromatic nitrogens is 1. The number of piperazine rings is 1. The van der Waals surface area contributed by atoms with Gasteiger partial charge in [-0.1, -0.05) is 29.8 Å². The second-order valence-electron chi connectivity index (χ2n) is 9.37. The third-order valence-corrected chi connectivity index (χ3v) is 7.38. The van der Waals surface area contributed by atoms with E-state index in [1.165, 1.54) is 6.07 Å². The molecule has 0 unspecified atom stereocenters. The molecule has 0 saturated carbocycles. The number of carbonyl (C=O) groups is 1. The van der Waals surface area contributed by atoms with Gasteiger partial charge in [-0.3, -0.25) is 4.79 Å². The highest BCUT2D eigenvalue weighted by molar-refractivity contribution is 6.32. The van der Waals surface area contributed by atoms with E-state index in [9.17, 15) is 18.0 Å². The lowest BCUT2D eigenvalue weighted by atomic mass is 10.1. The van der Waals surface area contributed by atoms with Crippen LogP contribution in [0.4, 0.5) is 18.9 Å². The van der Waals surface area contributed by atoms with Crippen molar-refractivity contribution in [2.45, 2.75) is 13.1 Å². The summed E-state index contributed by atoms with van der Waals surface area (Å²) in [6, 6.07) is 22.2. The average Bonchev–Trinajstić information content (AvgIpc) is 3.29. The number of methoxy groups -OCH3 is 1. The van der Waals surface area contributed by atoms with Crippen molar-refractivity contribution in [1.29, 1.82) is 0 Å². The summed E-state index contributed by atoms with van der Waals surface area (Å²) in [6.45, 7) is 3.54. The zero-order chi connectivity index (χ0) is 27.7. The Balaban J connectivity index is 1.43. The van der Waals surface area contributed by atoms with Crippen LogP contribution in [0.5, 0.6) is 5.75 Å². The molecule has 202 valence electrons. The first-order valence-corrected chi connectivity index (χ1v) is 12.9. The Kier molecular flexibility index (Phi) is 7.32. The smallest absolute Gasteiger partial charge is 0.416 e. The molecule has 4 aromatic rings. The van der Waals surface area contributed by atoms with E-state index in [1.54, 1.807) is 18.1 Å². The molecule has 0 spiro atoms. The van der Waals surface area contributed by atoms with Crippen molar-refractivity contribution in [3.63, 3.8) is 0 Å². The zero-order valence-electron chi connectivity index (χ0n) is 21.5. The molecular formula is C30H27ClF3N3O2. The predicted octanol–water partition coefficient (Wildman–Crippen LogP) is 7.10. The minimum absolute atomic E-state index is 0.128. The van der Waals surface area contributed by atoms with E-state index in [1.807, 2.05) is 71.0 Å². The molecular weight excluding hydrogens is 527 g/mol. The molecule has 1 aliphatic heterocycles. The number of para-hydroxylation sites is 1. The molecule has 1 aliphatic rings. The molecule has 5 nitrogen and oxygen atoms in total. The molecule has 2 heterocycles. The van der Waals surface area contributed by atoms with E-state index < -0.39 is 11.7 Å². The quantitative estimate of drug-likeness (QED) is 0.265. The Morgan fingerprint density at radius 3 is 2.23 bits per heavy atom. The van der Waals surface area contributed by atoms with Gasteiger partial charge in [-0.2, -0.15) is 13.2 Å². The van der Waals surface area contributed by atoms with Crippen LogP contribution in [0.2, 0.25) is 5.02 Å². The number of nitrogens with zero attached hydrogens (tertiary/aromatic N) is 3. The zero-order valence-corrected chi connectivity index (χ0v) is 22.3. The van der Waals surface area contributed by atoms with E-state index in [2.05, 4.69) is 0 Å². The van der Waals surface area contributed by atoms with E-state index in [0.717, 1.165) is 40.5 Å². The molecule has 39 heavy (non-hydrogen) atoms. The largest absolute Gasteiger partial charge is 0.497 e. The Morgan fingerprint density at radius 1 is 0.897 bits per heavy atom. The molecule has 1 aromatic heterocycles. The first kappa shape index (κ1) is 26.7. The van der Waals surface area contributed by atoms with Gasteiger partial charge in [0.05, 0.1) is 34.6 Å². The maximum atomic E-state index is 13.8. The highest BCUT2D eigenvalue weighted by Crippen LogP contribution is 2.35. The average molecular weight is 554 g/mol. The van der Waals surface area contributed by atoms with Gasteiger partial charge < -0.3 is 19.1 Å². The lowest BCUT2D eigenvalue weighted by molar-refractivity contribution is -0.137. The molecule has 9 heteroatoms. The standard InChI is InChI=1S/C30H27ClF3N3O2/c1-20-25(29(38)36-16-14-35(15-17-36)23-7-5-6-22(18-23)30(32,33)34)19-28(21-10-12-24(39-2)13-11-21)37(20)27-9-4-3-8-26(27)31/h3-13,18-19H,14-17H2,1-2H3. The lowest BCUT2D eigenvalue weighted by Gasteiger charge is -2.36. The Morgan fingerprint density at radius 2 is 1.59 bits per heavy atom. The van der Waals surface area contributed by atoms with Crippen LogP contribution in [0.1, 0.15) is 21.6 Å². The number of benzene rings is 3. The summed E-state index contributed by atoms with van der Waals surface area (Å²) in [5.41, 5.74) is 3.59. The van der Waals surface area contributed by atoms with Gasteiger partial charge in [-0.15, -0.1) is 0 Å². The summed E-state index contributed by atoms with van der Waals surface area (Å²) in [4.78, 5) is 17.4. The summed E-state index contributed by atoms with van der Waals surface area (Å²) in [6.07, 6.45) is -4.40. The summed E-state index contributed by atoms with van der Waals surface area (Å²) < 4.78 is 46.8. The number of alkyl halides is 3. The fourth-order valence-electron chi connectivity index (χ4n) is 4.96. The molecule has 0 N–H and O–H groups in total. The maximum Gasteiger partial charge on any atom is 0.416 e. The molecule has 1 amide bonds. The Hall–Kier alpha value is -3.91. The SMILES string of the molecule is COc1ccc(-c2cc(C(=O)N3CCN(c4cccc(C(F)(F)F)c4)CC3)c(C)n2-c2ccccc2Cl)cc1. The normalized spacial score (nSPS) is 14.0. The van der Waals surface area contributed by atoms with Crippen LogP contribution in [-0.2, 0) is 6.18 Å². The van der Waals surface area contributed by atoms with Gasteiger partial charge in [0.1, 0.15) is 5.75 Å². The van der Waals surface area contributed by atoms with Crippen LogP contribution >= 0.6 is 11.6 Å². The van der Waals surface area contributed by atoms with Gasteiger partial charge >= 0.3 is 6.18 Å². The van der Waals surface area contributed by atoms with Crippen molar-refractivity contribution in [1.82, 2.24) is 9.47 Å². The number of anilines is 1. The summed E-state index contributed by atoms with van der Waals surface area (Å²) in [5.74, 6) is 0.595. The molecule has 3 aromatic carbocycles. The number of amides is 1. The number of halogens is 4. The molecule has 0 bridgehead atoms. The highest BCUT2D eigenvalue weighted by Gasteiger charge is 2.32. The van der Waals surface area contributed by atoms with Crippen molar-refractivity contribution in [2.24, 2.45) is 0 Å². The van der Waals surface area contributed by atoms with Crippen LogP contribution in [0, 0.1) is 6.92 Å². The fraction of sp³-hybridized carbons (Fsp3) is 0.233. The van der Waals surface area contributed by atoms with E-state index in [4.69, 9.17) is 16.3 Å². The second kappa shape index (κ2) is 10.7. The number of carbonyl (C=O) groups excluding carboxylic acids is 1. The first-order valence-electron chi connectivity index (χ1n) is 12.5. The van der Waals surface area contributed by atoms with Gasteiger partial charge in [0, 0.05) is 37.6 Å². The lowest BCUT2D eigenvalue weighted by Crippen LogP contribution is -2.49. The molecule has 1 fully saturated rings. The molecule has 0 radical (unpaired) electrons. The van der Waals surface area contributed by atoms with Crippen LogP contribution in [-0.4, -0.2) is 48.7 Å². The Labute approximate surface area is 230 Å². The van der Waals surface area contributed by atoms with Crippen LogP contribution < -0.4 is 9.64 Å². The van der Waals surface area contributed by atoms with Crippen molar-refractivity contribution in [3.8, 4) is 22.7 Å². The topological polar surface area (TPSA) is 37.7 Å². The summed E-state index contributed by atoms with van der Waals surface area (Å²) in [7, 11) is 1.61. The minimum atomic E-state index is -4.40. The van der Waals surface area contributed by atoms with Crippen molar-refractivity contribution in [3.05, 3.63) is 101 Å². The molecule has 0 atom stereocenters. The number of hydrogen-bond acceptors (Lipinski definition) is 3. The van der Waals surface area contributed by atoms with Gasteiger partial charge in [-0.05, 0) is 73.2 Å². The van der Waals surface area contributed by atoms with E-state index in [-0.39, 0.29) is 5.91 Å². The highest BCUT2D eigenvalue weighted by atomic mass is 35.5. The summed E-state index contributed by atoms with van der Waals surface area (Å²) >= 11 is 6.58. The molecule has 1 saturated heterocycles. The number of rotatable bonds is 5. The van der Waals surface area contributed by atoms with Crippen molar-refractivity contribution < 1.29 is 22.7 Å². The fourth-order valence-corrected chi connectivity index (χ4v) is 5.18. The van der Waals surface area contributed by atoms with Crippen molar-refractivity contribution in [2.75, 3.05) is 38.2 Å². The van der Waals surface area contributed by atoms with Crippen LogP contribution in [0.15, 0.2) is 78.9 Å². The van der Waals surface area contributed by atoms with Crippen LogP contribution in [0.25, 0.3) is 16.9 Å².